The zero-order chi connectivity index (χ0) is 33.8. The Morgan fingerprint density at radius 1 is 0.896 bits per heavy atom. The lowest BCUT2D eigenvalue weighted by atomic mass is 10.0. The molecule has 3 aromatic carbocycles. The molecule has 0 radical (unpaired) electrons. The summed E-state index contributed by atoms with van der Waals surface area (Å²) < 4.78 is 36.9. The molecule has 3 amide bonds. The molecule has 1 atom stereocenters. The third kappa shape index (κ3) is 7.24. The fourth-order valence-corrected chi connectivity index (χ4v) is 7.14. The molecule has 2 aliphatic heterocycles. The summed E-state index contributed by atoms with van der Waals surface area (Å²) in [6.07, 6.45) is 0.639. The molecule has 0 spiro atoms. The summed E-state index contributed by atoms with van der Waals surface area (Å²) in [5.74, 6) is 0.233. The van der Waals surface area contributed by atoms with Crippen LogP contribution in [-0.2, 0) is 32.6 Å². The molecule has 2 aliphatic rings. The smallest absolute Gasteiger partial charge is 0.251 e. The van der Waals surface area contributed by atoms with E-state index in [1.807, 2.05) is 44.2 Å². The van der Waals surface area contributed by atoms with Gasteiger partial charge in [-0.25, -0.2) is 18.1 Å². The van der Waals surface area contributed by atoms with E-state index in [2.05, 4.69) is 16.0 Å². The maximum absolute atomic E-state index is 14.1. The predicted molar refractivity (Wildman–Crippen MR) is 178 cm³/mol. The first-order valence-corrected chi connectivity index (χ1v) is 17.3. The SMILES string of the molecule is CC(C)[C@@H]1NC(=O)CN(S(=O)(=O)c2ccc3c(c2)CCC(=O)N3)CCNC(=O)c2cccc(c2)OCCn2nc(-c3ccccc3)nc21. The van der Waals surface area contributed by atoms with Crippen LogP contribution in [0.4, 0.5) is 5.69 Å². The number of aryl methyl sites for hydroxylation is 1. The molecule has 0 unspecified atom stereocenters. The Hall–Kier alpha value is -5.08. The Morgan fingerprint density at radius 2 is 1.69 bits per heavy atom. The number of aromatic nitrogens is 3. The molecule has 0 saturated carbocycles. The minimum absolute atomic E-state index is 0.0140. The molecule has 3 heterocycles. The molecule has 0 fully saturated rings. The van der Waals surface area contributed by atoms with E-state index in [4.69, 9.17) is 14.8 Å². The monoisotopic (exact) mass is 671 g/mol. The van der Waals surface area contributed by atoms with E-state index in [1.165, 1.54) is 12.1 Å². The summed E-state index contributed by atoms with van der Waals surface area (Å²) in [5.41, 5.74) is 2.39. The van der Waals surface area contributed by atoms with Crippen molar-refractivity contribution < 1.29 is 27.5 Å². The van der Waals surface area contributed by atoms with E-state index < -0.39 is 34.4 Å². The second kappa shape index (κ2) is 14.0. The van der Waals surface area contributed by atoms with Crippen molar-refractivity contribution in [1.29, 1.82) is 0 Å². The van der Waals surface area contributed by atoms with E-state index in [-0.39, 0.29) is 42.8 Å². The van der Waals surface area contributed by atoms with Crippen LogP contribution in [0.1, 0.15) is 48.1 Å². The topological polar surface area (TPSA) is 165 Å². The molecule has 1 aromatic heterocycles. The summed E-state index contributed by atoms with van der Waals surface area (Å²) in [6.45, 7) is 3.65. The number of amides is 3. The number of benzene rings is 3. The lowest BCUT2D eigenvalue weighted by Crippen LogP contribution is -2.46. The van der Waals surface area contributed by atoms with Crippen LogP contribution in [0.3, 0.4) is 0 Å². The Bertz CT molecular complexity index is 1940. The summed E-state index contributed by atoms with van der Waals surface area (Å²) in [4.78, 5) is 43.5. The number of ether oxygens (including phenoxy) is 1. The van der Waals surface area contributed by atoms with Crippen molar-refractivity contribution in [2.45, 2.75) is 44.2 Å². The normalized spacial score (nSPS) is 18.1. The molecule has 2 bridgehead atoms. The standard InChI is InChI=1S/C34H37N7O6S/c1-22(2)31-33-38-32(23-7-4-3-5-8-23)39-41(33)17-18-47-26-10-6-9-25(19-26)34(44)35-15-16-40(21-30(43)37-31)48(45,46)27-12-13-28-24(20-27)11-14-29(42)36-28/h3-10,12-13,19-20,22,31H,11,14-18,21H2,1-2H3,(H,35,44)(H,36,42)(H,37,43)/t31-/m0/s1. The molecule has 13 nitrogen and oxygen atoms in total. The molecule has 3 N–H and O–H groups in total. The van der Waals surface area contributed by atoms with Crippen LogP contribution in [0.5, 0.6) is 5.75 Å². The van der Waals surface area contributed by atoms with Crippen molar-refractivity contribution >= 4 is 33.4 Å². The van der Waals surface area contributed by atoms with E-state index in [0.29, 0.717) is 47.2 Å². The van der Waals surface area contributed by atoms with Crippen molar-refractivity contribution in [2.24, 2.45) is 5.92 Å². The van der Waals surface area contributed by atoms with Gasteiger partial charge in [-0.2, -0.15) is 9.40 Å². The van der Waals surface area contributed by atoms with Gasteiger partial charge in [0.1, 0.15) is 12.4 Å². The number of sulfonamides is 1. The van der Waals surface area contributed by atoms with Crippen LogP contribution in [0.25, 0.3) is 11.4 Å². The number of nitrogens with zero attached hydrogens (tertiary/aromatic N) is 4. The highest BCUT2D eigenvalue weighted by molar-refractivity contribution is 7.89. The van der Waals surface area contributed by atoms with Crippen LogP contribution in [0.2, 0.25) is 0 Å². The van der Waals surface area contributed by atoms with Crippen LogP contribution < -0.4 is 20.7 Å². The molecule has 6 rings (SSSR count). The van der Waals surface area contributed by atoms with Gasteiger partial charge in [0.05, 0.1) is 24.0 Å². The first-order valence-electron chi connectivity index (χ1n) is 15.8. The van der Waals surface area contributed by atoms with Gasteiger partial charge < -0.3 is 20.7 Å². The minimum atomic E-state index is -4.21. The van der Waals surface area contributed by atoms with E-state index in [9.17, 15) is 22.8 Å². The van der Waals surface area contributed by atoms with Crippen LogP contribution in [0.15, 0.2) is 77.7 Å². The molecule has 0 aliphatic carbocycles. The molecule has 4 aromatic rings. The zero-order valence-corrected chi connectivity index (χ0v) is 27.5. The number of anilines is 1. The number of rotatable bonds is 4. The largest absolute Gasteiger partial charge is 0.492 e. The van der Waals surface area contributed by atoms with E-state index in [0.717, 1.165) is 9.87 Å². The van der Waals surface area contributed by atoms with Gasteiger partial charge in [-0.1, -0.05) is 50.2 Å². The highest BCUT2D eigenvalue weighted by Crippen LogP contribution is 2.28. The summed E-state index contributed by atoms with van der Waals surface area (Å²) in [6, 6.07) is 20.1. The van der Waals surface area contributed by atoms with Crippen molar-refractivity contribution in [3.05, 3.63) is 89.7 Å². The Balaban J connectivity index is 1.36. The maximum Gasteiger partial charge on any atom is 0.251 e. The van der Waals surface area contributed by atoms with Crippen LogP contribution in [-0.4, -0.2) is 71.5 Å². The molecular weight excluding hydrogens is 634 g/mol. The quantitative estimate of drug-likeness (QED) is 0.298. The fraction of sp³-hybridized carbons (Fsp3) is 0.324. The number of carbonyl (C=O) groups is 3. The summed E-state index contributed by atoms with van der Waals surface area (Å²) in [5, 5.41) is 13.3. The number of hydrogen-bond acceptors (Lipinski definition) is 8. The molecule has 0 saturated heterocycles. The van der Waals surface area contributed by atoms with Crippen molar-refractivity contribution in [2.75, 3.05) is 31.6 Å². The third-order valence-corrected chi connectivity index (χ3v) is 10.1. The van der Waals surface area contributed by atoms with Gasteiger partial charge in [-0.05, 0) is 54.3 Å². The van der Waals surface area contributed by atoms with Gasteiger partial charge in [0, 0.05) is 36.3 Å². The number of hydrogen-bond donors (Lipinski definition) is 3. The summed E-state index contributed by atoms with van der Waals surface area (Å²) >= 11 is 0. The highest BCUT2D eigenvalue weighted by Gasteiger charge is 2.31. The highest BCUT2D eigenvalue weighted by atomic mass is 32.2. The van der Waals surface area contributed by atoms with Gasteiger partial charge in [-0.15, -0.1) is 0 Å². The number of carbonyl (C=O) groups excluding carboxylic acids is 3. The average Bonchev–Trinajstić information content (AvgIpc) is 3.50. The second-order valence-electron chi connectivity index (χ2n) is 12.0. The Labute approximate surface area is 278 Å². The number of nitrogens with one attached hydrogen (secondary N) is 3. The van der Waals surface area contributed by atoms with E-state index >= 15 is 0 Å². The first kappa shape index (κ1) is 32.8. The van der Waals surface area contributed by atoms with Gasteiger partial charge in [0.2, 0.25) is 21.8 Å². The fourth-order valence-electron chi connectivity index (χ4n) is 5.69. The predicted octanol–water partition coefficient (Wildman–Crippen LogP) is 3.16. The van der Waals surface area contributed by atoms with Gasteiger partial charge in [-0.3, -0.25) is 14.4 Å². The number of fused-ring (bicyclic) bond motifs is 4. The zero-order valence-electron chi connectivity index (χ0n) is 26.7. The Kier molecular flexibility index (Phi) is 9.55. The minimum Gasteiger partial charge on any atom is -0.492 e. The molecule has 250 valence electrons. The maximum atomic E-state index is 14.1. The van der Waals surface area contributed by atoms with Crippen molar-refractivity contribution in [1.82, 2.24) is 29.7 Å². The van der Waals surface area contributed by atoms with Crippen LogP contribution in [0, 0.1) is 5.92 Å². The first-order chi connectivity index (χ1) is 23.1. The van der Waals surface area contributed by atoms with Crippen LogP contribution >= 0.6 is 0 Å². The molecular formula is C34H37N7O6S. The Morgan fingerprint density at radius 3 is 2.48 bits per heavy atom. The van der Waals surface area contributed by atoms with Gasteiger partial charge >= 0.3 is 0 Å². The van der Waals surface area contributed by atoms with Gasteiger partial charge in [0.15, 0.2) is 11.6 Å². The lowest BCUT2D eigenvalue weighted by Gasteiger charge is -2.26. The third-order valence-electron chi connectivity index (χ3n) is 8.24. The second-order valence-corrected chi connectivity index (χ2v) is 13.9. The van der Waals surface area contributed by atoms with Crippen molar-refractivity contribution in [3.63, 3.8) is 0 Å². The molecule has 14 heteroatoms. The van der Waals surface area contributed by atoms with Crippen molar-refractivity contribution in [3.8, 4) is 17.1 Å². The van der Waals surface area contributed by atoms with E-state index in [1.54, 1.807) is 35.0 Å². The lowest BCUT2D eigenvalue weighted by molar-refractivity contribution is -0.122. The summed E-state index contributed by atoms with van der Waals surface area (Å²) in [7, 11) is -4.21. The van der Waals surface area contributed by atoms with Gasteiger partial charge in [0.25, 0.3) is 5.91 Å². The molecule has 48 heavy (non-hydrogen) atoms. The average molecular weight is 672 g/mol.